The highest BCUT2D eigenvalue weighted by atomic mass is 35.5. The lowest BCUT2D eigenvalue weighted by atomic mass is 10.1. The Morgan fingerprint density at radius 3 is 2.23 bits per heavy atom. The molecule has 0 aliphatic rings. The van der Waals surface area contributed by atoms with Crippen LogP contribution >= 0.6 is 35.4 Å². The molecule has 30 heavy (non-hydrogen) atoms. The first-order valence-electron chi connectivity index (χ1n) is 8.87. The first-order chi connectivity index (χ1) is 14.3. The molecule has 0 saturated carbocycles. The van der Waals surface area contributed by atoms with Gasteiger partial charge >= 0.3 is 0 Å². The number of benzene rings is 3. The smallest absolute Gasteiger partial charge is 0.258 e. The van der Waals surface area contributed by atoms with Crippen LogP contribution in [0, 0.1) is 6.92 Å². The summed E-state index contributed by atoms with van der Waals surface area (Å²) in [5.41, 5.74) is 3.00. The van der Waals surface area contributed by atoms with Crippen LogP contribution < -0.4 is 16.0 Å². The van der Waals surface area contributed by atoms with Crippen LogP contribution in [-0.2, 0) is 0 Å². The van der Waals surface area contributed by atoms with Gasteiger partial charge in [0.1, 0.15) is 0 Å². The molecule has 0 unspecified atom stereocenters. The summed E-state index contributed by atoms with van der Waals surface area (Å²) >= 11 is 17.1. The second-order valence-corrected chi connectivity index (χ2v) is 7.69. The lowest BCUT2D eigenvalue weighted by Crippen LogP contribution is -2.34. The molecule has 8 heteroatoms. The number of anilines is 2. The largest absolute Gasteiger partial charge is 0.332 e. The molecule has 0 atom stereocenters. The van der Waals surface area contributed by atoms with Gasteiger partial charge in [-0.2, -0.15) is 0 Å². The number of hydrogen-bond acceptors (Lipinski definition) is 3. The molecule has 0 fully saturated rings. The van der Waals surface area contributed by atoms with Gasteiger partial charge in [-0.25, -0.2) is 0 Å². The van der Waals surface area contributed by atoms with Gasteiger partial charge in [-0.3, -0.25) is 14.9 Å². The number of hydrogen-bond donors (Lipinski definition) is 3. The van der Waals surface area contributed by atoms with E-state index in [4.69, 9.17) is 35.4 Å². The van der Waals surface area contributed by atoms with Crippen molar-refractivity contribution in [1.82, 2.24) is 5.32 Å². The molecule has 3 rings (SSSR count). The van der Waals surface area contributed by atoms with Crippen molar-refractivity contribution < 1.29 is 9.59 Å². The quantitative estimate of drug-likeness (QED) is 0.440. The third kappa shape index (κ3) is 5.79. The van der Waals surface area contributed by atoms with Crippen molar-refractivity contribution in [2.75, 3.05) is 10.6 Å². The molecule has 152 valence electrons. The maximum Gasteiger partial charge on any atom is 0.258 e. The van der Waals surface area contributed by atoms with Crippen LogP contribution in [0.5, 0.6) is 0 Å². The van der Waals surface area contributed by atoms with Crippen molar-refractivity contribution in [3.63, 3.8) is 0 Å². The average Bonchev–Trinajstić information content (AvgIpc) is 2.68. The molecule has 0 bridgehead atoms. The summed E-state index contributed by atoms with van der Waals surface area (Å²) in [6.45, 7) is 1.95. The van der Waals surface area contributed by atoms with E-state index in [9.17, 15) is 9.59 Å². The Morgan fingerprint density at radius 2 is 1.53 bits per heavy atom. The van der Waals surface area contributed by atoms with E-state index in [1.165, 1.54) is 12.1 Å². The number of halogens is 2. The molecule has 0 aliphatic heterocycles. The topological polar surface area (TPSA) is 70.2 Å². The summed E-state index contributed by atoms with van der Waals surface area (Å²) in [5, 5.41) is 9.01. The van der Waals surface area contributed by atoms with E-state index in [1.54, 1.807) is 30.3 Å². The van der Waals surface area contributed by atoms with E-state index < -0.39 is 5.91 Å². The minimum atomic E-state index is -0.470. The Balaban J connectivity index is 1.65. The summed E-state index contributed by atoms with van der Waals surface area (Å²) < 4.78 is 0. The van der Waals surface area contributed by atoms with E-state index in [0.717, 1.165) is 5.56 Å². The van der Waals surface area contributed by atoms with Crippen LogP contribution in [0.1, 0.15) is 26.3 Å². The Kier molecular flexibility index (Phi) is 7.05. The maximum absolute atomic E-state index is 12.5. The highest BCUT2D eigenvalue weighted by molar-refractivity contribution is 7.80. The Hall–Kier alpha value is -2.93. The Morgan fingerprint density at radius 1 is 0.833 bits per heavy atom. The predicted molar refractivity (Wildman–Crippen MR) is 126 cm³/mol. The molecule has 2 amide bonds. The van der Waals surface area contributed by atoms with Crippen molar-refractivity contribution in [3.8, 4) is 0 Å². The van der Waals surface area contributed by atoms with E-state index >= 15 is 0 Å². The molecule has 3 aromatic carbocycles. The van der Waals surface area contributed by atoms with Gasteiger partial charge in [0.15, 0.2) is 5.11 Å². The van der Waals surface area contributed by atoms with Crippen molar-refractivity contribution in [2.45, 2.75) is 6.92 Å². The molecule has 3 N–H and O–H groups in total. The molecule has 0 radical (unpaired) electrons. The zero-order chi connectivity index (χ0) is 21.7. The third-order valence-corrected chi connectivity index (χ3v) is 4.81. The van der Waals surface area contributed by atoms with Crippen LogP contribution in [0.15, 0.2) is 66.7 Å². The number of thiocarbonyl (C=S) groups is 1. The molecule has 0 aliphatic carbocycles. The zero-order valence-electron chi connectivity index (χ0n) is 15.8. The van der Waals surface area contributed by atoms with Crippen LogP contribution in [0.25, 0.3) is 0 Å². The fourth-order valence-electron chi connectivity index (χ4n) is 2.67. The average molecular weight is 458 g/mol. The molecule has 3 aromatic rings. The van der Waals surface area contributed by atoms with E-state index in [-0.39, 0.29) is 21.6 Å². The lowest BCUT2D eigenvalue weighted by molar-refractivity contribution is 0.0976. The normalized spacial score (nSPS) is 10.2. The fourth-order valence-corrected chi connectivity index (χ4v) is 3.38. The van der Waals surface area contributed by atoms with Gasteiger partial charge in [0.05, 0.1) is 10.6 Å². The Labute approximate surface area is 189 Å². The molecular formula is C22H17Cl2N3O2S. The standard InChI is InChI=1S/C22H17Cl2N3O2S/c1-13-4-2-6-16(10-13)25-20(28)14-5-3-7-17(11-14)26-22(30)27-21(29)18-9-8-15(23)12-19(18)24/h2-12H,1H3,(H,25,28)(H2,26,27,29,30). The zero-order valence-corrected chi connectivity index (χ0v) is 18.2. The number of nitrogens with one attached hydrogen (secondary N) is 3. The van der Waals surface area contributed by atoms with Gasteiger partial charge in [0.2, 0.25) is 0 Å². The maximum atomic E-state index is 12.5. The molecular weight excluding hydrogens is 441 g/mol. The van der Waals surface area contributed by atoms with E-state index in [2.05, 4.69) is 16.0 Å². The summed E-state index contributed by atoms with van der Waals surface area (Å²) in [7, 11) is 0. The number of aryl methyl sites for hydroxylation is 1. The highest BCUT2D eigenvalue weighted by Crippen LogP contribution is 2.21. The SMILES string of the molecule is Cc1cccc(NC(=O)c2cccc(NC(=S)NC(=O)c3ccc(Cl)cc3Cl)c2)c1. The van der Waals surface area contributed by atoms with Crippen LogP contribution in [-0.4, -0.2) is 16.9 Å². The first-order valence-corrected chi connectivity index (χ1v) is 10.0. The summed E-state index contributed by atoms with van der Waals surface area (Å²) in [5.74, 6) is -0.727. The van der Waals surface area contributed by atoms with Gasteiger partial charge in [0, 0.05) is 22.0 Å². The van der Waals surface area contributed by atoms with Crippen molar-refractivity contribution >= 4 is 63.7 Å². The van der Waals surface area contributed by atoms with Crippen molar-refractivity contribution in [3.05, 3.63) is 93.5 Å². The van der Waals surface area contributed by atoms with E-state index in [1.807, 2.05) is 31.2 Å². The highest BCUT2D eigenvalue weighted by Gasteiger charge is 2.13. The van der Waals surface area contributed by atoms with Gasteiger partial charge in [-0.05, 0) is 73.2 Å². The predicted octanol–water partition coefficient (Wildman–Crippen LogP) is 5.68. The molecule has 5 nitrogen and oxygen atoms in total. The summed E-state index contributed by atoms with van der Waals surface area (Å²) in [6.07, 6.45) is 0. The van der Waals surface area contributed by atoms with Gasteiger partial charge in [0.25, 0.3) is 11.8 Å². The second kappa shape index (κ2) is 9.71. The minimum absolute atomic E-state index is 0.0715. The number of rotatable bonds is 4. The van der Waals surface area contributed by atoms with Crippen molar-refractivity contribution in [2.24, 2.45) is 0 Å². The number of carbonyl (C=O) groups excluding carboxylic acids is 2. The fraction of sp³-hybridized carbons (Fsp3) is 0.0455. The van der Waals surface area contributed by atoms with Crippen LogP contribution in [0.2, 0.25) is 10.0 Å². The molecule has 0 spiro atoms. The summed E-state index contributed by atoms with van der Waals surface area (Å²) in [4.78, 5) is 24.9. The number of amides is 2. The van der Waals surface area contributed by atoms with Crippen LogP contribution in [0.3, 0.4) is 0 Å². The molecule has 0 aromatic heterocycles. The number of carbonyl (C=O) groups is 2. The van der Waals surface area contributed by atoms with Crippen LogP contribution in [0.4, 0.5) is 11.4 Å². The molecule has 0 saturated heterocycles. The van der Waals surface area contributed by atoms with Crippen molar-refractivity contribution in [1.29, 1.82) is 0 Å². The van der Waals surface area contributed by atoms with E-state index in [0.29, 0.717) is 22.0 Å². The molecule has 0 heterocycles. The lowest BCUT2D eigenvalue weighted by Gasteiger charge is -2.12. The van der Waals surface area contributed by atoms with Gasteiger partial charge in [-0.1, -0.05) is 41.4 Å². The van der Waals surface area contributed by atoms with Gasteiger partial charge in [-0.15, -0.1) is 0 Å². The third-order valence-electron chi connectivity index (χ3n) is 4.06. The second-order valence-electron chi connectivity index (χ2n) is 6.44. The Bertz CT molecular complexity index is 1130. The summed E-state index contributed by atoms with van der Waals surface area (Å²) in [6, 6.07) is 18.9. The first kappa shape index (κ1) is 21.8. The minimum Gasteiger partial charge on any atom is -0.332 e. The monoisotopic (exact) mass is 457 g/mol. The van der Waals surface area contributed by atoms with Gasteiger partial charge < -0.3 is 10.6 Å².